The Morgan fingerprint density at radius 2 is 1.58 bits per heavy atom. The van der Waals surface area contributed by atoms with Gasteiger partial charge in [-0.3, -0.25) is 24.2 Å². The van der Waals surface area contributed by atoms with Crippen LogP contribution in [0.25, 0.3) is 10.8 Å². The lowest BCUT2D eigenvalue weighted by Gasteiger charge is -2.38. The second-order valence-electron chi connectivity index (χ2n) is 22.0. The van der Waals surface area contributed by atoms with E-state index in [4.69, 9.17) is 23.9 Å². The number of ketones is 1. The number of aliphatic hydroxyl groups is 2. The van der Waals surface area contributed by atoms with Crippen LogP contribution in [0.5, 0.6) is 17.2 Å². The second-order valence-corrected chi connectivity index (χ2v) is 24.1. The topological polar surface area (TPSA) is 250 Å². The normalized spacial score (nSPS) is 32.9. The van der Waals surface area contributed by atoms with Crippen LogP contribution in [0.15, 0.2) is 70.4 Å². The molecule has 5 bridgehead atoms. The van der Waals surface area contributed by atoms with Gasteiger partial charge in [0, 0.05) is 109 Å². The van der Waals surface area contributed by atoms with Crippen molar-refractivity contribution < 1.29 is 58.6 Å². The molecule has 0 radical (unpaired) electrons. The van der Waals surface area contributed by atoms with Gasteiger partial charge in [-0.05, 0) is 45.6 Å². The highest BCUT2D eigenvalue weighted by Gasteiger charge is 2.51. The number of nitrogens with zero attached hydrogens (tertiary/aromatic N) is 3. The van der Waals surface area contributed by atoms with Gasteiger partial charge in [0.2, 0.25) is 5.91 Å². The Hall–Kier alpha value is -5.19. The van der Waals surface area contributed by atoms with E-state index in [1.54, 1.807) is 53.7 Å². The molecule has 0 aromatic heterocycles. The molecule has 7 aliphatic rings. The maximum absolute atomic E-state index is 15.0. The number of ether oxygens (including phenoxy) is 4. The Morgan fingerprint density at radius 1 is 0.908 bits per heavy atom. The molecule has 9 rings (SSSR count). The summed E-state index contributed by atoms with van der Waals surface area (Å²) in [6.07, 6.45) is 15.3. The standard InChI is InChI=1S/C57H75IN6O12/c1-29-13-12-14-30(2)55(72)61-47-46-45(62-57(63-46)22-24-64(25-23-57)28-31(3)58)42-43(51(47)70)50(69)35(7)53-44(42)54(71)56(8,76-53)74-26-21-39(73-9)32(4)52(34(6)49(68)33(5)48(29)67)75-41(66)27-40(65)60-38-19-17-37(18-20-38)59-36-15-10-11-16-36/h10-16,21,26,29,31-34,36-39,48-49,52,59,62,67-70H,17-20,22-25,27-28H2,1-9H3,(H,60,65)/b13-12+,26-21+,30-14-,61-47?/t29-,31?,32+,33+,34+,37?,38?,39-,48-,49+,52+,56-/m0/s1. The SMILES string of the molecule is CO[C@H]1/C=C/O[C@@]2(C)Oc3c(C)c(O)c4c(O)c(c5c(c4c3C2=O)NC2(CCN(CC(C)I)CC2)N=5)=NC(=O)/C(C)=C\C=C\[C@H](C)[C@H](O)[C@@H](C)[C@@H](O)[C@@H](C)[C@H](OC(=O)CC(=O)NC2CCC(NC3C=CC=C3)CC2)[C@@H]1C. The number of esters is 1. The maximum Gasteiger partial charge on any atom is 0.315 e. The Kier molecular flexibility index (Phi) is 17.6. The van der Waals surface area contributed by atoms with E-state index in [0.717, 1.165) is 32.2 Å². The van der Waals surface area contributed by atoms with E-state index in [1.165, 1.54) is 32.4 Å². The highest BCUT2D eigenvalue weighted by Crippen LogP contribution is 2.51. The molecular formula is C57H75IN6O12. The largest absolute Gasteiger partial charge is 0.507 e. The minimum atomic E-state index is -2.02. The zero-order valence-corrected chi connectivity index (χ0v) is 47.1. The lowest BCUT2D eigenvalue weighted by Crippen LogP contribution is -2.47. The van der Waals surface area contributed by atoms with Crippen LogP contribution in [-0.2, 0) is 28.6 Å². The number of nitrogens with one attached hydrogen (secondary N) is 3. The van der Waals surface area contributed by atoms with Crippen molar-refractivity contribution in [3.63, 3.8) is 0 Å². The van der Waals surface area contributed by atoms with Crippen LogP contribution >= 0.6 is 22.6 Å². The number of hydrogen-bond acceptors (Lipinski definition) is 16. The number of carbonyl (C=O) groups excluding carboxylic acids is 4. The number of Topliss-reactive ketones (excluding diaryl/α,β-unsaturated/α-hetero) is 1. The van der Waals surface area contributed by atoms with E-state index in [9.17, 15) is 39.6 Å². The Morgan fingerprint density at radius 3 is 2.24 bits per heavy atom. The number of amides is 2. The molecule has 2 aromatic rings. The number of piperidine rings is 1. The molecule has 2 aromatic carbocycles. The minimum Gasteiger partial charge on any atom is -0.507 e. The summed E-state index contributed by atoms with van der Waals surface area (Å²) in [4.78, 5) is 68.1. The van der Waals surface area contributed by atoms with Gasteiger partial charge in [-0.15, -0.1) is 0 Å². The van der Waals surface area contributed by atoms with Crippen molar-refractivity contribution in [3.05, 3.63) is 82.3 Å². The van der Waals surface area contributed by atoms with Crippen LogP contribution in [-0.4, -0.2) is 134 Å². The number of methoxy groups -OCH3 is 1. The predicted molar refractivity (Wildman–Crippen MR) is 295 cm³/mol. The van der Waals surface area contributed by atoms with Crippen molar-refractivity contribution in [1.82, 2.24) is 15.5 Å². The molecule has 1 spiro atoms. The number of halogens is 1. The molecular weight excluding hydrogens is 1090 g/mol. The zero-order chi connectivity index (χ0) is 55.0. The molecule has 76 heavy (non-hydrogen) atoms. The number of phenols is 2. The molecule has 5 heterocycles. The van der Waals surface area contributed by atoms with Gasteiger partial charge in [0.05, 0.1) is 41.2 Å². The number of aromatic hydroxyl groups is 2. The number of alkyl halides is 1. The molecule has 10 atom stereocenters. The number of phenolic OH excluding ortho intramolecular Hbond substituents is 2. The number of hydrogen-bond donors (Lipinski definition) is 7. The summed E-state index contributed by atoms with van der Waals surface area (Å²) in [5, 5.41) is 58.1. The first-order valence-corrected chi connectivity index (χ1v) is 27.9. The first-order valence-electron chi connectivity index (χ1n) is 26.7. The number of anilines is 1. The third-order valence-corrected chi connectivity index (χ3v) is 16.7. The van der Waals surface area contributed by atoms with Crippen LogP contribution < -0.4 is 31.4 Å². The van der Waals surface area contributed by atoms with Crippen LogP contribution in [0.4, 0.5) is 5.69 Å². The van der Waals surface area contributed by atoms with Gasteiger partial charge >= 0.3 is 11.8 Å². The fraction of sp³-hybridized carbons (Fsp3) is 0.579. The number of benzene rings is 2. The van der Waals surface area contributed by atoms with E-state index in [0.29, 0.717) is 41.6 Å². The summed E-state index contributed by atoms with van der Waals surface area (Å²) in [5.41, 5.74) is -0.245. The van der Waals surface area contributed by atoms with E-state index < -0.39 is 101 Å². The van der Waals surface area contributed by atoms with E-state index in [2.05, 4.69) is 67.5 Å². The Bertz CT molecular complexity index is 2860. The van der Waals surface area contributed by atoms with Crippen molar-refractivity contribution in [2.24, 2.45) is 33.7 Å². The first kappa shape index (κ1) is 57.0. The van der Waals surface area contributed by atoms with Gasteiger partial charge in [-0.1, -0.05) is 99.7 Å². The summed E-state index contributed by atoms with van der Waals surface area (Å²) < 4.78 is 25.1. The van der Waals surface area contributed by atoms with Gasteiger partial charge in [0.25, 0.3) is 11.7 Å². The number of carbonyl (C=O) groups is 4. The molecule has 412 valence electrons. The second kappa shape index (κ2) is 23.4. The van der Waals surface area contributed by atoms with Gasteiger partial charge in [0.15, 0.2) is 5.75 Å². The van der Waals surface area contributed by atoms with Gasteiger partial charge in [-0.25, -0.2) is 4.99 Å². The molecule has 5 aliphatic heterocycles. The molecule has 7 N–H and O–H groups in total. The monoisotopic (exact) mass is 1160 g/mol. The van der Waals surface area contributed by atoms with Gasteiger partial charge in [0.1, 0.15) is 40.4 Å². The average molecular weight is 1160 g/mol. The summed E-state index contributed by atoms with van der Waals surface area (Å²) >= 11 is 2.40. The van der Waals surface area contributed by atoms with Crippen molar-refractivity contribution in [3.8, 4) is 17.2 Å². The Balaban J connectivity index is 1.12. The van der Waals surface area contributed by atoms with Crippen molar-refractivity contribution in [1.29, 1.82) is 0 Å². The number of fused-ring (bicyclic) bond motifs is 13. The summed E-state index contributed by atoms with van der Waals surface area (Å²) in [7, 11) is 1.45. The number of likely N-dealkylation sites (tertiary alicyclic amines) is 1. The van der Waals surface area contributed by atoms with Crippen LogP contribution in [0.2, 0.25) is 0 Å². The van der Waals surface area contributed by atoms with Gasteiger partial charge in [-0.2, -0.15) is 0 Å². The van der Waals surface area contributed by atoms with Crippen molar-refractivity contribution >= 4 is 62.6 Å². The molecule has 2 fully saturated rings. The quantitative estimate of drug-likeness (QED) is 0.0516. The fourth-order valence-electron chi connectivity index (χ4n) is 11.7. The summed E-state index contributed by atoms with van der Waals surface area (Å²) in [6, 6.07) is 0.420. The molecule has 1 unspecified atom stereocenters. The van der Waals surface area contributed by atoms with E-state index >= 15 is 0 Å². The predicted octanol–water partition coefficient (Wildman–Crippen LogP) is 5.80. The van der Waals surface area contributed by atoms with Crippen LogP contribution in [0.1, 0.15) is 109 Å². The van der Waals surface area contributed by atoms with Crippen molar-refractivity contribution in [2.75, 3.05) is 32.1 Å². The third-order valence-electron chi connectivity index (χ3n) is 16.3. The fourth-order valence-corrected chi connectivity index (χ4v) is 12.3. The lowest BCUT2D eigenvalue weighted by atomic mass is 9.78. The molecule has 18 nitrogen and oxygen atoms in total. The number of allylic oxidation sites excluding steroid dienone is 4. The third kappa shape index (κ3) is 11.8. The zero-order valence-electron chi connectivity index (χ0n) is 45.0. The smallest absolute Gasteiger partial charge is 0.315 e. The average Bonchev–Trinajstić information content (AvgIpc) is 4.19. The highest BCUT2D eigenvalue weighted by atomic mass is 127. The maximum atomic E-state index is 15.0. The Labute approximate surface area is 458 Å². The molecule has 2 amide bonds. The minimum absolute atomic E-state index is 0.0254. The molecule has 1 saturated carbocycles. The summed E-state index contributed by atoms with van der Waals surface area (Å²) in [6.45, 7) is 15.9. The summed E-state index contributed by atoms with van der Waals surface area (Å²) in [5.74, 6) is -8.43. The highest BCUT2D eigenvalue weighted by molar-refractivity contribution is 14.1. The van der Waals surface area contributed by atoms with Gasteiger partial charge < -0.3 is 60.2 Å². The van der Waals surface area contributed by atoms with Crippen LogP contribution in [0, 0.1) is 30.6 Å². The van der Waals surface area contributed by atoms with Crippen LogP contribution in [0.3, 0.4) is 0 Å². The van der Waals surface area contributed by atoms with E-state index in [1.807, 2.05) is 12.2 Å². The first-order chi connectivity index (χ1) is 36.0. The molecule has 1 saturated heterocycles. The number of aliphatic hydroxyl groups excluding tert-OH is 2. The van der Waals surface area contributed by atoms with E-state index in [-0.39, 0.29) is 56.0 Å². The number of rotatable bonds is 9. The molecule has 2 aliphatic carbocycles. The van der Waals surface area contributed by atoms with Crippen molar-refractivity contribution in [2.45, 2.75) is 158 Å². The lowest BCUT2D eigenvalue weighted by molar-refractivity contribution is -0.164. The molecule has 19 heteroatoms.